The minimum Gasteiger partial charge on any atom is -0.480 e. The molecule has 114 valence electrons. The molecule has 0 radical (unpaired) electrons. The fourth-order valence-electron chi connectivity index (χ4n) is 2.10. The molecule has 1 unspecified atom stereocenters. The lowest BCUT2D eigenvalue weighted by atomic mass is 9.83. The summed E-state index contributed by atoms with van der Waals surface area (Å²) in [6, 6.07) is -1.47. The van der Waals surface area contributed by atoms with Gasteiger partial charge in [0.25, 0.3) is 0 Å². The molecule has 1 fully saturated rings. The second-order valence-electron chi connectivity index (χ2n) is 6.00. The number of hydrogen-bond acceptors (Lipinski definition) is 3. The summed E-state index contributed by atoms with van der Waals surface area (Å²) in [5.41, 5.74) is 5.21. The van der Waals surface area contributed by atoms with Crippen LogP contribution in [0.2, 0.25) is 0 Å². The predicted molar refractivity (Wildman–Crippen MR) is 73.0 cm³/mol. The summed E-state index contributed by atoms with van der Waals surface area (Å²) >= 11 is 0. The molecule has 0 aliphatic carbocycles. The van der Waals surface area contributed by atoms with Crippen LogP contribution in [0.25, 0.3) is 0 Å². The average molecular weight is 285 g/mol. The number of aliphatic carboxylic acids is 1. The van der Waals surface area contributed by atoms with Crippen molar-refractivity contribution in [2.45, 2.75) is 45.6 Å². The minimum absolute atomic E-state index is 0.00966. The second kappa shape index (κ2) is 6.58. The largest absolute Gasteiger partial charge is 0.480 e. The fraction of sp³-hybridized carbons (Fsp3) is 0.769. The maximum Gasteiger partial charge on any atom is 0.326 e. The van der Waals surface area contributed by atoms with Gasteiger partial charge in [0.1, 0.15) is 6.04 Å². The summed E-state index contributed by atoms with van der Waals surface area (Å²) in [6.07, 6.45) is 1.72. The molecule has 1 atom stereocenters. The van der Waals surface area contributed by atoms with Crippen LogP contribution in [0.1, 0.15) is 39.5 Å². The highest BCUT2D eigenvalue weighted by Gasteiger charge is 2.29. The van der Waals surface area contributed by atoms with Crippen LogP contribution in [0.15, 0.2) is 0 Å². The summed E-state index contributed by atoms with van der Waals surface area (Å²) in [5.74, 6) is -1.73. The molecule has 1 aliphatic heterocycles. The number of urea groups is 1. The molecular weight excluding hydrogens is 262 g/mol. The van der Waals surface area contributed by atoms with E-state index in [1.165, 1.54) is 0 Å². The van der Waals surface area contributed by atoms with Crippen LogP contribution in [0, 0.1) is 5.41 Å². The average Bonchev–Trinajstić information content (AvgIpc) is 2.33. The predicted octanol–water partition coefficient (Wildman–Crippen LogP) is 0.537. The first-order valence-electron chi connectivity index (χ1n) is 6.78. The number of nitrogens with one attached hydrogen (secondary N) is 1. The highest BCUT2D eigenvalue weighted by atomic mass is 16.4. The number of hydrogen-bond donors (Lipinski definition) is 3. The van der Waals surface area contributed by atoms with E-state index in [1.54, 1.807) is 4.90 Å². The van der Waals surface area contributed by atoms with Gasteiger partial charge in [0.05, 0.1) is 0 Å². The van der Waals surface area contributed by atoms with Crippen molar-refractivity contribution in [1.82, 2.24) is 10.2 Å². The van der Waals surface area contributed by atoms with Crippen molar-refractivity contribution in [3.8, 4) is 0 Å². The Hall–Kier alpha value is -1.79. The lowest BCUT2D eigenvalue weighted by Crippen LogP contribution is -2.51. The van der Waals surface area contributed by atoms with Crippen LogP contribution < -0.4 is 11.1 Å². The molecule has 7 nitrogen and oxygen atoms in total. The van der Waals surface area contributed by atoms with Gasteiger partial charge in [-0.25, -0.2) is 9.59 Å². The molecule has 0 bridgehead atoms. The zero-order valence-electron chi connectivity index (χ0n) is 12.0. The van der Waals surface area contributed by atoms with E-state index in [4.69, 9.17) is 10.8 Å². The Morgan fingerprint density at radius 1 is 1.30 bits per heavy atom. The molecular formula is C13H23N3O4. The van der Waals surface area contributed by atoms with Crippen LogP contribution in [0.3, 0.4) is 0 Å². The molecule has 1 heterocycles. The van der Waals surface area contributed by atoms with Crippen LogP contribution in [0.4, 0.5) is 4.79 Å². The van der Waals surface area contributed by atoms with Gasteiger partial charge in [-0.15, -0.1) is 0 Å². The molecule has 4 N–H and O–H groups in total. The van der Waals surface area contributed by atoms with Gasteiger partial charge in [-0.1, -0.05) is 13.8 Å². The highest BCUT2D eigenvalue weighted by molar-refractivity contribution is 5.83. The van der Waals surface area contributed by atoms with Crippen molar-refractivity contribution in [2.24, 2.45) is 11.1 Å². The Morgan fingerprint density at radius 2 is 1.85 bits per heavy atom. The van der Waals surface area contributed by atoms with Crippen molar-refractivity contribution in [3.63, 3.8) is 0 Å². The molecule has 1 aliphatic rings. The number of piperidine rings is 1. The van der Waals surface area contributed by atoms with Gasteiger partial charge in [0.2, 0.25) is 5.91 Å². The molecule has 0 aromatic heterocycles. The summed E-state index contributed by atoms with van der Waals surface area (Å²) in [5, 5.41) is 11.5. The first-order chi connectivity index (χ1) is 9.21. The Kier molecular flexibility index (Phi) is 5.35. The van der Waals surface area contributed by atoms with E-state index >= 15 is 0 Å². The zero-order valence-corrected chi connectivity index (χ0v) is 12.0. The zero-order chi connectivity index (χ0) is 15.3. The molecule has 0 aromatic carbocycles. The number of carboxylic acid groups (broad SMARTS) is 1. The van der Waals surface area contributed by atoms with E-state index in [0.29, 0.717) is 13.1 Å². The van der Waals surface area contributed by atoms with Crippen molar-refractivity contribution in [1.29, 1.82) is 0 Å². The number of nitrogens with two attached hydrogens (primary N) is 1. The van der Waals surface area contributed by atoms with Gasteiger partial charge in [-0.05, 0) is 24.7 Å². The molecule has 0 saturated carbocycles. The van der Waals surface area contributed by atoms with Crippen LogP contribution in [0.5, 0.6) is 0 Å². The second-order valence-corrected chi connectivity index (χ2v) is 6.00. The third-order valence-electron chi connectivity index (χ3n) is 3.68. The maximum atomic E-state index is 12.0. The molecule has 7 heteroatoms. The number of carboxylic acids is 1. The molecule has 20 heavy (non-hydrogen) atoms. The number of nitrogens with zero attached hydrogens (tertiary/aromatic N) is 1. The lowest BCUT2D eigenvalue weighted by Gasteiger charge is -2.37. The first kappa shape index (κ1) is 16.3. The number of likely N-dealkylation sites (tertiary alicyclic amines) is 1. The smallest absolute Gasteiger partial charge is 0.326 e. The number of rotatable bonds is 5. The Labute approximate surface area is 118 Å². The van der Waals surface area contributed by atoms with E-state index in [-0.39, 0.29) is 18.3 Å². The minimum atomic E-state index is -1.16. The van der Waals surface area contributed by atoms with Gasteiger partial charge in [0.15, 0.2) is 0 Å². The van der Waals surface area contributed by atoms with Gasteiger partial charge in [0, 0.05) is 19.5 Å². The summed E-state index contributed by atoms with van der Waals surface area (Å²) in [7, 11) is 0. The quantitative estimate of drug-likeness (QED) is 0.684. The number of carbonyl (C=O) groups is 3. The third-order valence-corrected chi connectivity index (χ3v) is 3.68. The monoisotopic (exact) mass is 285 g/mol. The maximum absolute atomic E-state index is 12.0. The Balaban J connectivity index is 2.50. The van der Waals surface area contributed by atoms with Crippen molar-refractivity contribution < 1.29 is 19.5 Å². The molecule has 1 saturated heterocycles. The van der Waals surface area contributed by atoms with Gasteiger partial charge < -0.3 is 21.1 Å². The highest BCUT2D eigenvalue weighted by Crippen LogP contribution is 2.29. The van der Waals surface area contributed by atoms with Crippen molar-refractivity contribution >= 4 is 17.9 Å². The standard InChI is InChI=1S/C13H23N3O4/c1-13(2)5-7-16(8-6-13)12(20)15-9(11(18)19)3-4-10(14)17/h9H,3-8H2,1-2H3,(H2,14,17)(H,15,20)(H,18,19). The third kappa shape index (κ3) is 5.07. The van der Waals surface area contributed by atoms with E-state index < -0.39 is 23.9 Å². The molecule has 0 aromatic rings. The number of amides is 3. The lowest BCUT2D eigenvalue weighted by molar-refractivity contribution is -0.139. The summed E-state index contributed by atoms with van der Waals surface area (Å²) in [4.78, 5) is 35.4. The van der Waals surface area contributed by atoms with Gasteiger partial charge in [-0.3, -0.25) is 4.79 Å². The van der Waals surface area contributed by atoms with Crippen LogP contribution in [-0.2, 0) is 9.59 Å². The summed E-state index contributed by atoms with van der Waals surface area (Å²) in [6.45, 7) is 5.52. The molecule has 0 spiro atoms. The number of primary amides is 1. The van der Waals surface area contributed by atoms with E-state index in [0.717, 1.165) is 12.8 Å². The van der Waals surface area contributed by atoms with Gasteiger partial charge in [-0.2, -0.15) is 0 Å². The Morgan fingerprint density at radius 3 is 2.30 bits per heavy atom. The van der Waals surface area contributed by atoms with E-state index in [1.807, 2.05) is 0 Å². The fourth-order valence-corrected chi connectivity index (χ4v) is 2.10. The van der Waals surface area contributed by atoms with Crippen LogP contribution >= 0.6 is 0 Å². The molecule has 3 amide bonds. The Bertz CT molecular complexity index is 385. The van der Waals surface area contributed by atoms with Crippen molar-refractivity contribution in [3.05, 3.63) is 0 Å². The van der Waals surface area contributed by atoms with E-state index in [2.05, 4.69) is 19.2 Å². The number of carbonyl (C=O) groups excluding carboxylic acids is 2. The van der Waals surface area contributed by atoms with E-state index in [9.17, 15) is 14.4 Å². The van der Waals surface area contributed by atoms with Gasteiger partial charge >= 0.3 is 12.0 Å². The van der Waals surface area contributed by atoms with Crippen LogP contribution in [-0.4, -0.2) is 47.0 Å². The molecule has 1 rings (SSSR count). The summed E-state index contributed by atoms with van der Waals surface area (Å²) < 4.78 is 0. The van der Waals surface area contributed by atoms with Crippen molar-refractivity contribution in [2.75, 3.05) is 13.1 Å². The first-order valence-corrected chi connectivity index (χ1v) is 6.78. The normalized spacial score (nSPS) is 19.2. The SMILES string of the molecule is CC1(C)CCN(C(=O)NC(CCC(N)=O)C(=O)O)CC1. The topological polar surface area (TPSA) is 113 Å².